The van der Waals surface area contributed by atoms with Crippen molar-refractivity contribution in [3.05, 3.63) is 0 Å². The van der Waals surface area contributed by atoms with Crippen molar-refractivity contribution in [2.45, 2.75) is 13.0 Å². The summed E-state index contributed by atoms with van der Waals surface area (Å²) in [5, 5.41) is 21.7. The maximum Gasteiger partial charge on any atom is 0.207 e. The molecule has 0 amide bonds. The minimum Gasteiger partial charge on any atom is -0.374 e. The number of aliphatic imine (C=N–C) groups is 1. The first-order valence-electron chi connectivity index (χ1n) is 3.50. The Hall–Kier alpha value is -1.32. The van der Waals surface area contributed by atoms with Crippen molar-refractivity contribution in [2.24, 2.45) is 10.7 Å². The molecule has 0 saturated carbocycles. The molecule has 1 atom stereocenters. The van der Waals surface area contributed by atoms with E-state index >= 15 is 0 Å². The maximum atomic E-state index is 8.42. The summed E-state index contributed by atoms with van der Waals surface area (Å²) in [7, 11) is 0. The fourth-order valence-corrected chi connectivity index (χ4v) is 0.521. The lowest BCUT2D eigenvalue weighted by Crippen LogP contribution is -2.41. The van der Waals surface area contributed by atoms with Crippen LogP contribution in [0.2, 0.25) is 0 Å². The molecule has 0 radical (unpaired) electrons. The molecule has 0 heterocycles. The molecule has 0 rings (SSSR count). The molecule has 0 spiro atoms. The van der Waals surface area contributed by atoms with Crippen LogP contribution in [0, 0.1) is 11.5 Å². The van der Waals surface area contributed by atoms with Gasteiger partial charge >= 0.3 is 0 Å². The first-order chi connectivity index (χ1) is 5.70. The summed E-state index contributed by atoms with van der Waals surface area (Å²) in [4.78, 5) is 3.56. The molecule has 12 heavy (non-hydrogen) atoms. The maximum absolute atomic E-state index is 8.42. The number of nitrogens with one attached hydrogen (secondary N) is 2. The van der Waals surface area contributed by atoms with E-state index in [-0.39, 0.29) is 18.7 Å². The van der Waals surface area contributed by atoms with Gasteiger partial charge < -0.3 is 16.2 Å². The van der Waals surface area contributed by atoms with Gasteiger partial charge in [-0.15, -0.1) is 0 Å². The second-order valence-corrected chi connectivity index (χ2v) is 2.24. The molecule has 5 N–H and O–H groups in total. The zero-order valence-electron chi connectivity index (χ0n) is 6.91. The van der Waals surface area contributed by atoms with E-state index in [1.54, 1.807) is 6.19 Å². The van der Waals surface area contributed by atoms with Gasteiger partial charge in [-0.3, -0.25) is 5.32 Å². The van der Waals surface area contributed by atoms with Gasteiger partial charge in [0.25, 0.3) is 0 Å². The lowest BCUT2D eigenvalue weighted by molar-refractivity contribution is 0.308. The fraction of sp³-hybridized carbons (Fsp3) is 0.667. The Morgan fingerprint density at radius 1 is 1.83 bits per heavy atom. The molecule has 0 aromatic heterocycles. The first-order valence-corrected chi connectivity index (χ1v) is 3.50. The highest BCUT2D eigenvalue weighted by molar-refractivity contribution is 5.81. The summed E-state index contributed by atoms with van der Waals surface area (Å²) in [5.41, 5.74) is 5.44. The number of aliphatic hydroxyl groups excluding tert-OH is 1. The highest BCUT2D eigenvalue weighted by Crippen LogP contribution is 1.72. The van der Waals surface area contributed by atoms with Crippen molar-refractivity contribution in [2.75, 3.05) is 13.3 Å². The lowest BCUT2D eigenvalue weighted by Gasteiger charge is -2.08. The summed E-state index contributed by atoms with van der Waals surface area (Å²) < 4.78 is 0. The summed E-state index contributed by atoms with van der Waals surface area (Å²) >= 11 is 0. The van der Waals surface area contributed by atoms with Crippen LogP contribution < -0.4 is 16.4 Å². The Kier molecular flexibility index (Phi) is 5.69. The summed E-state index contributed by atoms with van der Waals surface area (Å²) in [6.45, 7) is 1.94. The van der Waals surface area contributed by atoms with Crippen LogP contribution in [0.1, 0.15) is 6.92 Å². The van der Waals surface area contributed by atoms with E-state index in [0.717, 1.165) is 0 Å². The van der Waals surface area contributed by atoms with Crippen LogP contribution in [0.15, 0.2) is 4.99 Å². The van der Waals surface area contributed by atoms with E-state index in [2.05, 4.69) is 15.6 Å². The minimum absolute atomic E-state index is 0.0330. The summed E-state index contributed by atoms with van der Waals surface area (Å²) in [6.07, 6.45) is 1.68. The van der Waals surface area contributed by atoms with Gasteiger partial charge in [-0.05, 0) is 6.92 Å². The van der Waals surface area contributed by atoms with Crippen molar-refractivity contribution in [1.82, 2.24) is 10.6 Å². The molecule has 0 aromatic rings. The van der Waals surface area contributed by atoms with Gasteiger partial charge in [-0.25, -0.2) is 4.99 Å². The normalized spacial score (nSPS) is 13.3. The molecular weight excluding hydrogens is 158 g/mol. The van der Waals surface area contributed by atoms with Crippen LogP contribution in [0.3, 0.4) is 0 Å². The topological polar surface area (TPSA) is 106 Å². The molecule has 68 valence electrons. The van der Waals surface area contributed by atoms with E-state index < -0.39 is 0 Å². The number of nitrogens with two attached hydrogens (primary N) is 1. The third-order valence-corrected chi connectivity index (χ3v) is 0.995. The Morgan fingerprint density at radius 2 is 2.50 bits per heavy atom. The predicted octanol–water partition coefficient (Wildman–Crippen LogP) is -1.70. The van der Waals surface area contributed by atoms with Gasteiger partial charge in [-0.1, -0.05) is 0 Å². The average molecular weight is 171 g/mol. The molecule has 0 aliphatic carbocycles. The van der Waals surface area contributed by atoms with Crippen molar-refractivity contribution in [3.63, 3.8) is 0 Å². The molecule has 0 aromatic carbocycles. The van der Waals surface area contributed by atoms with Gasteiger partial charge in [0.05, 0.1) is 0 Å². The molecule has 6 nitrogen and oxygen atoms in total. The van der Waals surface area contributed by atoms with Gasteiger partial charge in [0.2, 0.25) is 5.96 Å². The van der Waals surface area contributed by atoms with Crippen molar-refractivity contribution >= 4 is 5.96 Å². The molecule has 0 bridgehead atoms. The molecular formula is C6H13N5O. The zero-order valence-corrected chi connectivity index (χ0v) is 6.91. The second-order valence-electron chi connectivity index (χ2n) is 2.24. The SMILES string of the molecule is CC(N)CNC(=NCO)NC#N. The predicted molar refractivity (Wildman–Crippen MR) is 44.9 cm³/mol. The van der Waals surface area contributed by atoms with E-state index in [0.29, 0.717) is 6.54 Å². The quantitative estimate of drug-likeness (QED) is 0.175. The van der Waals surface area contributed by atoms with E-state index in [9.17, 15) is 0 Å². The number of nitrogens with zero attached hydrogens (tertiary/aromatic N) is 2. The zero-order chi connectivity index (χ0) is 9.40. The van der Waals surface area contributed by atoms with Gasteiger partial charge in [0, 0.05) is 12.6 Å². The first kappa shape index (κ1) is 10.7. The Labute approximate surface area is 71.1 Å². The lowest BCUT2D eigenvalue weighted by atomic mass is 10.4. The third kappa shape index (κ3) is 5.46. The third-order valence-electron chi connectivity index (χ3n) is 0.995. The van der Waals surface area contributed by atoms with E-state index in [4.69, 9.17) is 16.1 Å². The number of aliphatic hydroxyl groups is 1. The monoisotopic (exact) mass is 171 g/mol. The molecule has 0 saturated heterocycles. The number of hydrogen-bond acceptors (Lipinski definition) is 4. The van der Waals surface area contributed by atoms with Crippen LogP contribution in [0.25, 0.3) is 0 Å². The number of rotatable bonds is 3. The average Bonchev–Trinajstić information content (AvgIpc) is 2.01. The summed E-state index contributed by atoms with van der Waals surface area (Å²) in [6, 6.07) is -0.0330. The molecule has 0 fully saturated rings. The van der Waals surface area contributed by atoms with Crippen LogP contribution in [-0.4, -0.2) is 30.4 Å². The smallest absolute Gasteiger partial charge is 0.207 e. The highest BCUT2D eigenvalue weighted by Gasteiger charge is 1.97. The largest absolute Gasteiger partial charge is 0.374 e. The fourth-order valence-electron chi connectivity index (χ4n) is 0.521. The van der Waals surface area contributed by atoms with Crippen LogP contribution in [-0.2, 0) is 0 Å². The summed E-state index contributed by atoms with van der Waals surface area (Å²) in [5.74, 6) is 0.234. The number of guanidine groups is 1. The highest BCUT2D eigenvalue weighted by atomic mass is 16.3. The minimum atomic E-state index is -0.365. The van der Waals surface area contributed by atoms with E-state index in [1.165, 1.54) is 0 Å². The Bertz CT molecular complexity index is 183. The van der Waals surface area contributed by atoms with Crippen molar-refractivity contribution in [1.29, 1.82) is 5.26 Å². The molecule has 1 unspecified atom stereocenters. The Balaban J connectivity index is 3.81. The van der Waals surface area contributed by atoms with Crippen LogP contribution in [0.5, 0.6) is 0 Å². The number of nitriles is 1. The van der Waals surface area contributed by atoms with Gasteiger partial charge in [-0.2, -0.15) is 5.26 Å². The second kappa shape index (κ2) is 6.39. The molecule has 0 aliphatic rings. The van der Waals surface area contributed by atoms with E-state index in [1.807, 2.05) is 6.92 Å². The Morgan fingerprint density at radius 3 is 2.92 bits per heavy atom. The molecule has 6 heteroatoms. The van der Waals surface area contributed by atoms with Crippen LogP contribution >= 0.6 is 0 Å². The van der Waals surface area contributed by atoms with Gasteiger partial charge in [0.15, 0.2) is 6.19 Å². The van der Waals surface area contributed by atoms with Crippen molar-refractivity contribution < 1.29 is 5.11 Å². The van der Waals surface area contributed by atoms with Crippen LogP contribution in [0.4, 0.5) is 0 Å². The number of hydrogen-bond donors (Lipinski definition) is 4. The molecule has 0 aliphatic heterocycles. The standard InChI is InChI=1S/C6H13N5O/c1-5(8)2-9-6(10-3-7)11-4-12/h5,12H,2,4,8H2,1H3,(H2,9,10,11). The van der Waals surface area contributed by atoms with Crippen molar-refractivity contribution in [3.8, 4) is 6.19 Å². The van der Waals surface area contributed by atoms with Gasteiger partial charge in [0.1, 0.15) is 6.73 Å².